The summed E-state index contributed by atoms with van der Waals surface area (Å²) < 4.78 is 4.39. The largest absolute Gasteiger partial charge is 0.480 e. The van der Waals surface area contributed by atoms with Crippen molar-refractivity contribution < 1.29 is 24.2 Å². The van der Waals surface area contributed by atoms with Crippen molar-refractivity contribution in [2.75, 3.05) is 14.2 Å². The van der Waals surface area contributed by atoms with E-state index in [2.05, 4.69) is 15.0 Å². The first-order valence-electron chi connectivity index (χ1n) is 6.15. The van der Waals surface area contributed by atoms with Crippen LogP contribution in [0.3, 0.4) is 0 Å². The van der Waals surface area contributed by atoms with Gasteiger partial charge in [-0.3, -0.25) is 9.78 Å². The smallest absolute Gasteiger partial charge is 0.326 e. The fourth-order valence-corrected chi connectivity index (χ4v) is 1.52. The molecule has 2 N–H and O–H groups in total. The molecule has 1 rings (SSSR count). The van der Waals surface area contributed by atoms with Crippen LogP contribution in [0, 0.1) is 0 Å². The number of rotatable bonds is 6. The maximum Gasteiger partial charge on any atom is 0.326 e. The monoisotopic (exact) mass is 295 g/mol. The number of urea groups is 1. The van der Waals surface area contributed by atoms with E-state index in [4.69, 9.17) is 5.11 Å². The number of pyridine rings is 1. The average molecular weight is 295 g/mol. The van der Waals surface area contributed by atoms with Gasteiger partial charge in [0, 0.05) is 13.2 Å². The minimum absolute atomic E-state index is 0.219. The Morgan fingerprint density at radius 1 is 1.43 bits per heavy atom. The third kappa shape index (κ3) is 5.47. The lowest BCUT2D eigenvalue weighted by molar-refractivity contribution is -0.147. The van der Waals surface area contributed by atoms with Crippen LogP contribution >= 0.6 is 0 Å². The predicted octanol–water partition coefficient (Wildman–Crippen LogP) is 0.239. The van der Waals surface area contributed by atoms with Gasteiger partial charge in [-0.1, -0.05) is 6.07 Å². The van der Waals surface area contributed by atoms with Crippen molar-refractivity contribution in [3.05, 3.63) is 30.1 Å². The molecule has 114 valence electrons. The van der Waals surface area contributed by atoms with Crippen molar-refractivity contribution >= 4 is 18.0 Å². The molecule has 8 nitrogen and oxygen atoms in total. The van der Waals surface area contributed by atoms with E-state index < -0.39 is 30.4 Å². The predicted molar refractivity (Wildman–Crippen MR) is 72.3 cm³/mol. The summed E-state index contributed by atoms with van der Waals surface area (Å²) in [6, 6.07) is 3.33. The summed E-state index contributed by atoms with van der Waals surface area (Å²) in [5.74, 6) is -2.02. The van der Waals surface area contributed by atoms with Crippen LogP contribution in [0.4, 0.5) is 4.79 Å². The molecule has 0 spiro atoms. The summed E-state index contributed by atoms with van der Waals surface area (Å²) in [5, 5.41) is 11.2. The van der Waals surface area contributed by atoms with Crippen molar-refractivity contribution in [2.24, 2.45) is 0 Å². The van der Waals surface area contributed by atoms with E-state index in [1.165, 1.54) is 11.9 Å². The number of esters is 1. The van der Waals surface area contributed by atoms with Crippen LogP contribution in [-0.2, 0) is 20.9 Å². The molecule has 0 aliphatic heterocycles. The van der Waals surface area contributed by atoms with E-state index in [1.54, 1.807) is 24.4 Å². The Balaban J connectivity index is 2.60. The summed E-state index contributed by atoms with van der Waals surface area (Å²) in [7, 11) is 2.65. The summed E-state index contributed by atoms with van der Waals surface area (Å²) in [6.45, 7) is 0.219. The number of amides is 2. The van der Waals surface area contributed by atoms with Crippen LogP contribution in [-0.4, -0.2) is 53.2 Å². The Hall–Kier alpha value is -2.64. The lowest BCUT2D eigenvalue weighted by Gasteiger charge is -2.20. The molecule has 0 unspecified atom stereocenters. The molecule has 8 heteroatoms. The fraction of sp³-hybridized carbons (Fsp3) is 0.385. The first kappa shape index (κ1) is 16.4. The number of hydrogen-bond donors (Lipinski definition) is 2. The maximum absolute atomic E-state index is 11.9. The van der Waals surface area contributed by atoms with Gasteiger partial charge in [-0.15, -0.1) is 0 Å². The van der Waals surface area contributed by atoms with Crippen molar-refractivity contribution in [3.63, 3.8) is 0 Å². The van der Waals surface area contributed by atoms with Crippen LogP contribution in [0.25, 0.3) is 0 Å². The Bertz CT molecular complexity index is 506. The van der Waals surface area contributed by atoms with Gasteiger partial charge in [0.2, 0.25) is 0 Å². The highest BCUT2D eigenvalue weighted by Crippen LogP contribution is 2.01. The quantitative estimate of drug-likeness (QED) is 0.728. The van der Waals surface area contributed by atoms with Crippen molar-refractivity contribution in [1.29, 1.82) is 0 Å². The van der Waals surface area contributed by atoms with Gasteiger partial charge in [0.05, 0.1) is 25.8 Å². The number of nitrogens with zero attached hydrogens (tertiary/aromatic N) is 2. The summed E-state index contributed by atoms with van der Waals surface area (Å²) >= 11 is 0. The number of nitrogens with one attached hydrogen (secondary N) is 1. The molecule has 0 radical (unpaired) electrons. The molecule has 2 amide bonds. The average Bonchev–Trinajstić information content (AvgIpc) is 2.47. The second-order valence-electron chi connectivity index (χ2n) is 4.30. The normalized spacial score (nSPS) is 11.3. The van der Waals surface area contributed by atoms with Crippen LogP contribution in [0.2, 0.25) is 0 Å². The Kier molecular flexibility index (Phi) is 6.12. The number of ether oxygens (including phenoxy) is 1. The molecule has 0 aromatic carbocycles. The summed E-state index contributed by atoms with van der Waals surface area (Å²) in [4.78, 5) is 39.4. The van der Waals surface area contributed by atoms with Crippen LogP contribution in [0.15, 0.2) is 24.4 Å². The van der Waals surface area contributed by atoms with Gasteiger partial charge in [0.25, 0.3) is 0 Å². The number of carboxylic acid groups (broad SMARTS) is 1. The van der Waals surface area contributed by atoms with Crippen LogP contribution in [0.1, 0.15) is 12.1 Å². The van der Waals surface area contributed by atoms with E-state index in [-0.39, 0.29) is 6.54 Å². The third-order valence-electron chi connectivity index (χ3n) is 2.67. The van der Waals surface area contributed by atoms with Gasteiger partial charge in [0.1, 0.15) is 6.04 Å². The number of carboxylic acids is 1. The van der Waals surface area contributed by atoms with E-state index in [9.17, 15) is 14.4 Å². The Labute approximate surface area is 121 Å². The van der Waals surface area contributed by atoms with Crippen molar-refractivity contribution in [3.8, 4) is 0 Å². The fourth-order valence-electron chi connectivity index (χ4n) is 1.52. The Morgan fingerprint density at radius 2 is 2.14 bits per heavy atom. The number of carbonyl (C=O) groups excluding carboxylic acids is 2. The highest BCUT2D eigenvalue weighted by molar-refractivity contribution is 5.86. The molecular formula is C13H17N3O5. The molecule has 0 aliphatic rings. The highest BCUT2D eigenvalue weighted by Gasteiger charge is 2.25. The molecule has 21 heavy (non-hydrogen) atoms. The minimum atomic E-state index is -1.34. The van der Waals surface area contributed by atoms with Gasteiger partial charge < -0.3 is 20.1 Å². The van der Waals surface area contributed by atoms with E-state index in [1.807, 2.05) is 0 Å². The zero-order chi connectivity index (χ0) is 15.8. The molecular weight excluding hydrogens is 278 g/mol. The van der Waals surface area contributed by atoms with Crippen LogP contribution < -0.4 is 5.32 Å². The molecule has 1 heterocycles. The van der Waals surface area contributed by atoms with Gasteiger partial charge in [-0.25, -0.2) is 9.59 Å². The number of hydrogen-bond acceptors (Lipinski definition) is 5. The second-order valence-corrected chi connectivity index (χ2v) is 4.30. The van der Waals surface area contributed by atoms with Crippen molar-refractivity contribution in [1.82, 2.24) is 15.2 Å². The second kappa shape index (κ2) is 7.83. The van der Waals surface area contributed by atoms with E-state index in [0.717, 1.165) is 7.11 Å². The first-order chi connectivity index (χ1) is 9.93. The van der Waals surface area contributed by atoms with Gasteiger partial charge in [0.15, 0.2) is 0 Å². The van der Waals surface area contributed by atoms with Crippen molar-refractivity contribution in [2.45, 2.75) is 19.0 Å². The molecule has 0 saturated carbocycles. The maximum atomic E-state index is 11.9. The van der Waals surface area contributed by atoms with Gasteiger partial charge in [-0.2, -0.15) is 0 Å². The highest BCUT2D eigenvalue weighted by atomic mass is 16.5. The molecule has 0 aliphatic carbocycles. The molecule has 1 aromatic rings. The first-order valence-corrected chi connectivity index (χ1v) is 6.15. The van der Waals surface area contributed by atoms with Crippen LogP contribution in [0.5, 0.6) is 0 Å². The lowest BCUT2D eigenvalue weighted by atomic mass is 10.2. The van der Waals surface area contributed by atoms with Gasteiger partial charge >= 0.3 is 18.0 Å². The minimum Gasteiger partial charge on any atom is -0.480 e. The Morgan fingerprint density at radius 3 is 2.67 bits per heavy atom. The lowest BCUT2D eigenvalue weighted by Crippen LogP contribution is -2.47. The number of aromatic nitrogens is 1. The summed E-state index contributed by atoms with van der Waals surface area (Å²) in [5.41, 5.74) is 0.662. The van der Waals surface area contributed by atoms with E-state index >= 15 is 0 Å². The topological polar surface area (TPSA) is 109 Å². The molecule has 0 saturated heterocycles. The molecule has 0 fully saturated rings. The molecule has 0 bridgehead atoms. The zero-order valence-electron chi connectivity index (χ0n) is 11.8. The third-order valence-corrected chi connectivity index (χ3v) is 2.67. The van der Waals surface area contributed by atoms with E-state index in [0.29, 0.717) is 5.69 Å². The molecule has 1 atom stereocenters. The molecule has 1 aromatic heterocycles. The standard InChI is InChI=1S/C13H17N3O5/c1-16(8-9-5-3-4-6-14-9)13(20)15-10(12(18)19)7-11(17)21-2/h3-6,10H,7-8H2,1-2H3,(H,15,20)(H,18,19)/t10-/m0/s1. The SMILES string of the molecule is COC(=O)C[C@H](NC(=O)N(C)Cc1ccccn1)C(=O)O. The zero-order valence-corrected chi connectivity index (χ0v) is 11.8. The number of aliphatic carboxylic acids is 1. The summed E-state index contributed by atoms with van der Waals surface area (Å²) in [6.07, 6.45) is 1.16. The number of methoxy groups -OCH3 is 1. The number of carbonyl (C=O) groups is 3. The van der Waals surface area contributed by atoms with Gasteiger partial charge in [-0.05, 0) is 12.1 Å².